The van der Waals surface area contributed by atoms with Gasteiger partial charge < -0.3 is 10.0 Å². The number of pyridine rings is 1. The minimum Gasteiger partial charge on any atom is -0.382 e. The van der Waals surface area contributed by atoms with Crippen molar-refractivity contribution in [2.45, 2.75) is 24.6 Å². The van der Waals surface area contributed by atoms with Crippen molar-refractivity contribution in [2.24, 2.45) is 0 Å². The standard InChI is InChI=1S/C13H14F3N5O/c14-13(15,16)9-3-1-4-11(18-9)21-6-2-5-12(22,8-21)10-7-17-20-19-10/h1,3-4,7,22H,2,5-6,8H2,(H,17,19,20). The van der Waals surface area contributed by atoms with Crippen LogP contribution in [0.1, 0.15) is 24.2 Å². The molecule has 0 saturated carbocycles. The monoisotopic (exact) mass is 313 g/mol. The predicted octanol–water partition coefficient (Wildman–Crippen LogP) is 1.71. The highest BCUT2D eigenvalue weighted by atomic mass is 19.4. The molecule has 1 aliphatic heterocycles. The second kappa shape index (κ2) is 5.24. The van der Waals surface area contributed by atoms with Gasteiger partial charge in [0.25, 0.3) is 0 Å². The van der Waals surface area contributed by atoms with Crippen molar-refractivity contribution in [3.8, 4) is 0 Å². The summed E-state index contributed by atoms with van der Waals surface area (Å²) in [6.45, 7) is 0.641. The summed E-state index contributed by atoms with van der Waals surface area (Å²) >= 11 is 0. The van der Waals surface area contributed by atoms with E-state index in [2.05, 4.69) is 20.4 Å². The molecule has 1 atom stereocenters. The van der Waals surface area contributed by atoms with Crippen LogP contribution in [0.4, 0.5) is 19.0 Å². The average molecular weight is 313 g/mol. The Hall–Kier alpha value is -2.16. The Kier molecular flexibility index (Phi) is 3.51. The fourth-order valence-corrected chi connectivity index (χ4v) is 2.62. The molecule has 0 aromatic carbocycles. The van der Waals surface area contributed by atoms with Crippen molar-refractivity contribution in [1.29, 1.82) is 0 Å². The van der Waals surface area contributed by atoms with Crippen LogP contribution in [0.3, 0.4) is 0 Å². The number of aromatic nitrogens is 4. The van der Waals surface area contributed by atoms with Gasteiger partial charge in [-0.2, -0.15) is 28.6 Å². The van der Waals surface area contributed by atoms with Crippen LogP contribution in [0, 0.1) is 0 Å². The second-order valence-electron chi connectivity index (χ2n) is 5.29. The Morgan fingerprint density at radius 3 is 2.82 bits per heavy atom. The van der Waals surface area contributed by atoms with E-state index in [4.69, 9.17) is 0 Å². The van der Waals surface area contributed by atoms with Crippen LogP contribution in [-0.4, -0.2) is 38.6 Å². The van der Waals surface area contributed by atoms with E-state index >= 15 is 0 Å². The smallest absolute Gasteiger partial charge is 0.382 e. The Balaban J connectivity index is 1.86. The highest BCUT2D eigenvalue weighted by Gasteiger charge is 2.38. The number of nitrogens with zero attached hydrogens (tertiary/aromatic N) is 4. The number of piperidine rings is 1. The van der Waals surface area contributed by atoms with Gasteiger partial charge in [0.1, 0.15) is 22.8 Å². The third kappa shape index (κ3) is 2.76. The van der Waals surface area contributed by atoms with Gasteiger partial charge in [-0.25, -0.2) is 4.98 Å². The number of H-pyrrole nitrogens is 1. The molecule has 3 heterocycles. The molecular formula is C13H14F3N5O. The number of aromatic amines is 1. The molecule has 0 bridgehead atoms. The van der Waals surface area contributed by atoms with Gasteiger partial charge in [-0.3, -0.25) is 0 Å². The van der Waals surface area contributed by atoms with Gasteiger partial charge in [-0.15, -0.1) is 0 Å². The number of anilines is 1. The van der Waals surface area contributed by atoms with Crippen LogP contribution in [0.2, 0.25) is 0 Å². The maximum atomic E-state index is 12.8. The Labute approximate surface area is 124 Å². The van der Waals surface area contributed by atoms with Crippen LogP contribution in [0.15, 0.2) is 24.4 Å². The van der Waals surface area contributed by atoms with Crippen LogP contribution in [-0.2, 0) is 11.8 Å². The molecule has 3 rings (SSSR count). The van der Waals surface area contributed by atoms with Crippen molar-refractivity contribution in [3.05, 3.63) is 35.8 Å². The van der Waals surface area contributed by atoms with E-state index in [0.29, 0.717) is 25.1 Å². The van der Waals surface area contributed by atoms with Gasteiger partial charge in [-0.1, -0.05) is 6.07 Å². The number of halogens is 3. The van der Waals surface area contributed by atoms with E-state index in [-0.39, 0.29) is 12.4 Å². The van der Waals surface area contributed by atoms with E-state index in [1.54, 1.807) is 4.90 Å². The molecule has 118 valence electrons. The summed E-state index contributed by atoms with van der Waals surface area (Å²) in [7, 11) is 0. The summed E-state index contributed by atoms with van der Waals surface area (Å²) in [5.74, 6) is 0.191. The van der Waals surface area contributed by atoms with Crippen molar-refractivity contribution in [1.82, 2.24) is 20.4 Å². The van der Waals surface area contributed by atoms with Crippen LogP contribution >= 0.6 is 0 Å². The third-order valence-electron chi connectivity index (χ3n) is 3.71. The lowest BCUT2D eigenvalue weighted by atomic mass is 9.90. The Morgan fingerprint density at radius 2 is 2.14 bits per heavy atom. The Morgan fingerprint density at radius 1 is 1.32 bits per heavy atom. The predicted molar refractivity (Wildman–Crippen MR) is 71.0 cm³/mol. The van der Waals surface area contributed by atoms with E-state index in [9.17, 15) is 18.3 Å². The minimum absolute atomic E-state index is 0.119. The quantitative estimate of drug-likeness (QED) is 0.882. The van der Waals surface area contributed by atoms with Crippen molar-refractivity contribution in [2.75, 3.05) is 18.0 Å². The van der Waals surface area contributed by atoms with Gasteiger partial charge in [0.15, 0.2) is 0 Å². The maximum absolute atomic E-state index is 12.8. The molecule has 0 spiro atoms. The molecule has 0 amide bonds. The molecule has 6 nitrogen and oxygen atoms in total. The molecule has 1 fully saturated rings. The Bertz CT molecular complexity index is 645. The number of alkyl halides is 3. The zero-order chi connectivity index (χ0) is 15.8. The summed E-state index contributed by atoms with van der Waals surface area (Å²) in [5.41, 5.74) is -1.81. The molecule has 1 aliphatic rings. The first-order chi connectivity index (χ1) is 10.4. The number of nitrogens with one attached hydrogen (secondary N) is 1. The number of hydrogen-bond donors (Lipinski definition) is 2. The van der Waals surface area contributed by atoms with E-state index < -0.39 is 17.5 Å². The highest BCUT2D eigenvalue weighted by molar-refractivity contribution is 5.41. The summed E-state index contributed by atoms with van der Waals surface area (Å²) in [4.78, 5) is 5.29. The van der Waals surface area contributed by atoms with E-state index in [1.807, 2.05) is 0 Å². The molecule has 22 heavy (non-hydrogen) atoms. The highest BCUT2D eigenvalue weighted by Crippen LogP contribution is 2.33. The van der Waals surface area contributed by atoms with Crippen molar-refractivity contribution >= 4 is 5.82 Å². The summed E-state index contributed by atoms with van der Waals surface area (Å²) < 4.78 is 38.3. The molecule has 9 heteroatoms. The molecule has 0 aliphatic carbocycles. The number of aliphatic hydroxyl groups is 1. The summed E-state index contributed by atoms with van der Waals surface area (Å²) in [6.07, 6.45) is -1.99. The fraction of sp³-hybridized carbons (Fsp3) is 0.462. The number of β-amino-alcohol motifs (C(OH)–C–C–N with tert-alkyl or cyclic N) is 1. The SMILES string of the molecule is OC1(c2cn[nH]n2)CCCN(c2cccc(C(F)(F)F)n2)C1. The lowest BCUT2D eigenvalue weighted by molar-refractivity contribution is -0.141. The molecule has 1 saturated heterocycles. The summed E-state index contributed by atoms with van der Waals surface area (Å²) in [5, 5.41) is 20.7. The second-order valence-corrected chi connectivity index (χ2v) is 5.29. The minimum atomic E-state index is -4.49. The molecule has 0 radical (unpaired) electrons. The largest absolute Gasteiger partial charge is 0.433 e. The van der Waals surface area contributed by atoms with Gasteiger partial charge in [0.2, 0.25) is 0 Å². The molecule has 1 unspecified atom stereocenters. The van der Waals surface area contributed by atoms with Crippen LogP contribution in [0.5, 0.6) is 0 Å². The van der Waals surface area contributed by atoms with Gasteiger partial charge in [0.05, 0.1) is 12.7 Å². The molecular weight excluding hydrogens is 299 g/mol. The first-order valence-corrected chi connectivity index (χ1v) is 6.76. The first kappa shape index (κ1) is 14.8. The first-order valence-electron chi connectivity index (χ1n) is 6.76. The van der Waals surface area contributed by atoms with E-state index in [0.717, 1.165) is 6.07 Å². The van der Waals surface area contributed by atoms with Crippen LogP contribution < -0.4 is 4.90 Å². The lowest BCUT2D eigenvalue weighted by Crippen LogP contribution is -2.46. The maximum Gasteiger partial charge on any atom is 0.433 e. The van der Waals surface area contributed by atoms with Crippen molar-refractivity contribution < 1.29 is 18.3 Å². The fourth-order valence-electron chi connectivity index (χ4n) is 2.62. The van der Waals surface area contributed by atoms with E-state index in [1.165, 1.54) is 18.3 Å². The van der Waals surface area contributed by atoms with Crippen LogP contribution in [0.25, 0.3) is 0 Å². The number of rotatable bonds is 2. The van der Waals surface area contributed by atoms with Crippen molar-refractivity contribution in [3.63, 3.8) is 0 Å². The van der Waals surface area contributed by atoms with Gasteiger partial charge in [0, 0.05) is 6.54 Å². The molecule has 2 aromatic rings. The lowest BCUT2D eigenvalue weighted by Gasteiger charge is -2.38. The molecule has 2 aromatic heterocycles. The normalized spacial score (nSPS) is 22.8. The average Bonchev–Trinajstić information content (AvgIpc) is 3.02. The zero-order valence-corrected chi connectivity index (χ0v) is 11.5. The zero-order valence-electron chi connectivity index (χ0n) is 11.5. The van der Waals surface area contributed by atoms with Gasteiger partial charge >= 0.3 is 6.18 Å². The topological polar surface area (TPSA) is 77.9 Å². The van der Waals surface area contributed by atoms with Gasteiger partial charge in [-0.05, 0) is 25.0 Å². The third-order valence-corrected chi connectivity index (χ3v) is 3.71. The number of hydrogen-bond acceptors (Lipinski definition) is 5. The summed E-state index contributed by atoms with van der Waals surface area (Å²) in [6, 6.07) is 3.75. The molecule has 2 N–H and O–H groups in total.